The first kappa shape index (κ1) is 17.4. The van der Waals surface area contributed by atoms with Crippen LogP contribution in [0.4, 0.5) is 0 Å². The lowest BCUT2D eigenvalue weighted by atomic mass is 10.1. The minimum absolute atomic E-state index is 0.0673. The second kappa shape index (κ2) is 7.65. The lowest BCUT2D eigenvalue weighted by Crippen LogP contribution is -2.42. The molecule has 0 atom stereocenters. The van der Waals surface area contributed by atoms with E-state index in [2.05, 4.69) is 20.9 Å². The van der Waals surface area contributed by atoms with Crippen molar-refractivity contribution in [3.8, 4) is 5.75 Å². The molecular weight excluding hydrogens is 388 g/mol. The molecule has 1 N–H and O–H groups in total. The number of likely N-dealkylation sites (tertiary alicyclic amines) is 1. The number of nitrogens with zero attached hydrogens (tertiary/aromatic N) is 2. The second-order valence-electron chi connectivity index (χ2n) is 5.80. The van der Waals surface area contributed by atoms with Crippen LogP contribution in [0.15, 0.2) is 47.1 Å². The summed E-state index contributed by atoms with van der Waals surface area (Å²) in [4.78, 5) is 29.0. The summed E-state index contributed by atoms with van der Waals surface area (Å²) < 4.78 is 6.93. The highest BCUT2D eigenvalue weighted by atomic mass is 79.9. The monoisotopic (exact) mass is 404 g/mol. The molecule has 25 heavy (non-hydrogen) atoms. The van der Waals surface area contributed by atoms with Gasteiger partial charge in [-0.15, -0.1) is 0 Å². The maximum absolute atomic E-state index is 12.5. The molecule has 0 spiro atoms. The highest BCUT2D eigenvalue weighted by Gasteiger charge is 2.25. The molecule has 1 aliphatic heterocycles. The van der Waals surface area contributed by atoms with Gasteiger partial charge in [0.05, 0.1) is 5.56 Å². The van der Waals surface area contributed by atoms with Gasteiger partial charge in [0.2, 0.25) is 0 Å². The third kappa shape index (κ3) is 4.36. The van der Waals surface area contributed by atoms with Crippen molar-refractivity contribution in [2.45, 2.75) is 18.9 Å². The summed E-state index contributed by atoms with van der Waals surface area (Å²) in [7, 11) is 0. The molecule has 0 aliphatic carbocycles. The molecule has 3 rings (SSSR count). The average Bonchev–Trinajstić information content (AvgIpc) is 2.62. The Morgan fingerprint density at radius 1 is 1.20 bits per heavy atom. The predicted molar refractivity (Wildman–Crippen MR) is 94.9 cm³/mol. The van der Waals surface area contributed by atoms with Crippen LogP contribution in [0.25, 0.3) is 0 Å². The van der Waals surface area contributed by atoms with E-state index in [9.17, 15) is 9.59 Å². The molecule has 1 aliphatic rings. The first-order chi connectivity index (χ1) is 12.0. The van der Waals surface area contributed by atoms with Crippen molar-refractivity contribution in [3.63, 3.8) is 0 Å². The van der Waals surface area contributed by atoms with Gasteiger partial charge in [-0.3, -0.25) is 9.78 Å². The number of pyridine rings is 1. The molecule has 0 unspecified atom stereocenters. The van der Waals surface area contributed by atoms with Gasteiger partial charge < -0.3 is 14.7 Å². The number of ether oxygens (including phenoxy) is 1. The quantitative estimate of drug-likeness (QED) is 0.845. The van der Waals surface area contributed by atoms with Crippen molar-refractivity contribution >= 4 is 27.8 Å². The smallest absolute Gasteiger partial charge is 0.337 e. The van der Waals surface area contributed by atoms with E-state index in [-0.39, 0.29) is 23.3 Å². The minimum Gasteiger partial charge on any atom is -0.490 e. The highest BCUT2D eigenvalue weighted by Crippen LogP contribution is 2.23. The van der Waals surface area contributed by atoms with Crippen molar-refractivity contribution in [1.29, 1.82) is 0 Å². The van der Waals surface area contributed by atoms with Crippen molar-refractivity contribution in [1.82, 2.24) is 9.88 Å². The Morgan fingerprint density at radius 3 is 2.56 bits per heavy atom. The molecule has 1 saturated heterocycles. The molecule has 2 aromatic rings. The zero-order valence-corrected chi connectivity index (χ0v) is 15.0. The zero-order valence-electron chi connectivity index (χ0n) is 13.4. The van der Waals surface area contributed by atoms with E-state index >= 15 is 0 Å². The second-order valence-corrected chi connectivity index (χ2v) is 6.72. The largest absolute Gasteiger partial charge is 0.490 e. The van der Waals surface area contributed by atoms with Crippen molar-refractivity contribution in [3.05, 3.63) is 58.3 Å². The van der Waals surface area contributed by atoms with Crippen LogP contribution >= 0.6 is 15.9 Å². The summed E-state index contributed by atoms with van der Waals surface area (Å²) in [5, 5.41) is 8.88. The standard InChI is InChI=1S/C18H17BrN2O4/c19-13-2-1-3-15(10-13)25-14-6-8-21(9-7-14)17(22)16-5-4-12(11-20-16)18(23)24/h1-5,10-11,14H,6-9H2,(H,23,24). The fourth-order valence-electron chi connectivity index (χ4n) is 2.72. The van der Waals surface area contributed by atoms with Crippen molar-refractivity contribution < 1.29 is 19.4 Å². The molecule has 0 bridgehead atoms. The predicted octanol–water partition coefficient (Wildman–Crippen LogP) is 3.23. The first-order valence-corrected chi connectivity index (χ1v) is 8.73. The van der Waals surface area contributed by atoms with Gasteiger partial charge in [0.15, 0.2) is 0 Å². The van der Waals surface area contributed by atoms with E-state index in [1.54, 1.807) is 4.90 Å². The summed E-state index contributed by atoms with van der Waals surface area (Å²) in [5.41, 5.74) is 0.328. The minimum atomic E-state index is -1.06. The van der Waals surface area contributed by atoms with Gasteiger partial charge >= 0.3 is 5.97 Å². The lowest BCUT2D eigenvalue weighted by Gasteiger charge is -2.32. The molecule has 130 valence electrons. The van der Waals surface area contributed by atoms with E-state index in [0.717, 1.165) is 23.1 Å². The Balaban J connectivity index is 1.56. The summed E-state index contributed by atoms with van der Waals surface area (Å²) >= 11 is 3.42. The molecule has 1 aromatic carbocycles. The Bertz CT molecular complexity index is 771. The van der Waals surface area contributed by atoms with Crippen molar-refractivity contribution in [2.75, 3.05) is 13.1 Å². The van der Waals surface area contributed by atoms with Crippen LogP contribution in [0.3, 0.4) is 0 Å². The Morgan fingerprint density at radius 2 is 1.96 bits per heavy atom. The maximum Gasteiger partial charge on any atom is 0.337 e. The van der Waals surface area contributed by atoms with Gasteiger partial charge in [-0.2, -0.15) is 0 Å². The van der Waals surface area contributed by atoms with Gasteiger partial charge in [0, 0.05) is 36.6 Å². The Kier molecular flexibility index (Phi) is 5.33. The number of carbonyl (C=O) groups excluding carboxylic acids is 1. The molecule has 0 radical (unpaired) electrons. The van der Waals surface area contributed by atoms with Crippen molar-refractivity contribution in [2.24, 2.45) is 0 Å². The van der Waals surface area contributed by atoms with Crippen LogP contribution < -0.4 is 4.74 Å². The fourth-order valence-corrected chi connectivity index (χ4v) is 3.10. The van der Waals surface area contributed by atoms with Gasteiger partial charge in [0.1, 0.15) is 17.5 Å². The number of piperidine rings is 1. The third-order valence-electron chi connectivity index (χ3n) is 4.06. The van der Waals surface area contributed by atoms with Crippen LogP contribution in [-0.4, -0.2) is 46.1 Å². The number of halogens is 1. The van der Waals surface area contributed by atoms with E-state index in [1.165, 1.54) is 18.3 Å². The van der Waals surface area contributed by atoms with Gasteiger partial charge in [0.25, 0.3) is 5.91 Å². The van der Waals surface area contributed by atoms with Gasteiger partial charge in [-0.05, 0) is 30.3 Å². The molecule has 7 heteroatoms. The highest BCUT2D eigenvalue weighted by molar-refractivity contribution is 9.10. The topological polar surface area (TPSA) is 79.7 Å². The number of benzene rings is 1. The number of hydrogen-bond donors (Lipinski definition) is 1. The average molecular weight is 405 g/mol. The third-order valence-corrected chi connectivity index (χ3v) is 4.55. The maximum atomic E-state index is 12.5. The molecule has 1 amide bonds. The molecule has 1 aromatic heterocycles. The summed E-state index contributed by atoms with van der Waals surface area (Å²) in [6.07, 6.45) is 2.76. The van der Waals surface area contributed by atoms with Crippen LogP contribution in [-0.2, 0) is 0 Å². The van der Waals surface area contributed by atoms with Crippen LogP contribution in [0.1, 0.15) is 33.7 Å². The molecule has 6 nitrogen and oxygen atoms in total. The van der Waals surface area contributed by atoms with E-state index in [1.807, 2.05) is 24.3 Å². The molecular formula is C18H17BrN2O4. The normalized spacial score (nSPS) is 15.0. The number of carboxylic acid groups (broad SMARTS) is 1. The molecule has 2 heterocycles. The molecule has 1 fully saturated rings. The summed E-state index contributed by atoms with van der Waals surface area (Å²) in [6, 6.07) is 10.5. The molecule has 0 saturated carbocycles. The van der Waals surface area contributed by atoms with E-state index in [0.29, 0.717) is 13.1 Å². The van der Waals surface area contributed by atoms with Crippen LogP contribution in [0, 0.1) is 0 Å². The number of carboxylic acids is 1. The number of aromatic nitrogens is 1. The number of amides is 1. The number of hydrogen-bond acceptors (Lipinski definition) is 4. The van der Waals surface area contributed by atoms with E-state index in [4.69, 9.17) is 9.84 Å². The van der Waals surface area contributed by atoms with Gasteiger partial charge in [-0.1, -0.05) is 22.0 Å². The number of aromatic carboxylic acids is 1. The summed E-state index contributed by atoms with van der Waals surface area (Å²) in [5.74, 6) is -0.431. The zero-order chi connectivity index (χ0) is 17.8. The Hall–Kier alpha value is -2.41. The first-order valence-electron chi connectivity index (χ1n) is 7.94. The van der Waals surface area contributed by atoms with E-state index < -0.39 is 5.97 Å². The number of carbonyl (C=O) groups is 2. The fraction of sp³-hybridized carbons (Fsp3) is 0.278. The van der Waals surface area contributed by atoms with Crippen LogP contribution in [0.5, 0.6) is 5.75 Å². The van der Waals surface area contributed by atoms with Crippen LogP contribution in [0.2, 0.25) is 0 Å². The lowest BCUT2D eigenvalue weighted by molar-refractivity contribution is 0.0588. The summed E-state index contributed by atoms with van der Waals surface area (Å²) in [6.45, 7) is 1.17. The van der Waals surface area contributed by atoms with Gasteiger partial charge in [-0.25, -0.2) is 4.79 Å². The number of rotatable bonds is 4. The Labute approximate surface area is 153 Å². The SMILES string of the molecule is O=C(O)c1ccc(C(=O)N2CCC(Oc3cccc(Br)c3)CC2)nc1.